The van der Waals surface area contributed by atoms with Crippen LogP contribution in [-0.2, 0) is 16.1 Å². The predicted molar refractivity (Wildman–Crippen MR) is 119 cm³/mol. The molecule has 29 heavy (non-hydrogen) atoms. The third kappa shape index (κ3) is 7.05. The SMILES string of the molecule is Cc1cc(OCC(=O)N(Cc2ccc(Cl)cc2)C(C)C(=O)NC(C)C)ccc1Br. The van der Waals surface area contributed by atoms with Gasteiger partial charge in [-0.15, -0.1) is 0 Å². The van der Waals surface area contributed by atoms with Gasteiger partial charge in [-0.3, -0.25) is 9.59 Å². The maximum absolute atomic E-state index is 13.0. The number of halogens is 2. The molecule has 0 aliphatic rings. The Morgan fingerprint density at radius 3 is 2.38 bits per heavy atom. The lowest BCUT2D eigenvalue weighted by Crippen LogP contribution is -2.50. The number of hydrogen-bond donors (Lipinski definition) is 1. The second-order valence-electron chi connectivity index (χ2n) is 7.19. The average Bonchev–Trinajstić information content (AvgIpc) is 2.67. The van der Waals surface area contributed by atoms with E-state index in [2.05, 4.69) is 21.2 Å². The zero-order valence-corrected chi connectivity index (χ0v) is 19.4. The molecule has 2 aromatic rings. The largest absolute Gasteiger partial charge is 0.484 e. The van der Waals surface area contributed by atoms with Crippen molar-refractivity contribution in [2.45, 2.75) is 46.3 Å². The standard InChI is InChI=1S/C22H26BrClN2O3/c1-14(2)25-22(28)16(4)26(12-17-5-7-18(24)8-6-17)21(27)13-29-19-9-10-20(23)15(3)11-19/h5-11,14,16H,12-13H2,1-4H3,(H,25,28). The molecule has 0 radical (unpaired) electrons. The van der Waals surface area contributed by atoms with E-state index in [1.807, 2.05) is 45.0 Å². The van der Waals surface area contributed by atoms with Gasteiger partial charge in [-0.05, 0) is 69.2 Å². The number of amides is 2. The van der Waals surface area contributed by atoms with Gasteiger partial charge >= 0.3 is 0 Å². The molecule has 0 spiro atoms. The molecular formula is C22H26BrClN2O3. The minimum absolute atomic E-state index is 0.0144. The minimum Gasteiger partial charge on any atom is -0.484 e. The molecule has 0 aliphatic carbocycles. The number of benzene rings is 2. The highest BCUT2D eigenvalue weighted by molar-refractivity contribution is 9.10. The van der Waals surface area contributed by atoms with Crippen molar-refractivity contribution in [2.24, 2.45) is 0 Å². The van der Waals surface area contributed by atoms with Gasteiger partial charge in [-0.25, -0.2) is 0 Å². The van der Waals surface area contributed by atoms with E-state index >= 15 is 0 Å². The first-order chi connectivity index (χ1) is 13.7. The Hall–Kier alpha value is -2.05. The molecule has 2 aromatic carbocycles. The average molecular weight is 482 g/mol. The van der Waals surface area contributed by atoms with Crippen molar-refractivity contribution in [1.29, 1.82) is 0 Å². The van der Waals surface area contributed by atoms with E-state index in [0.717, 1.165) is 15.6 Å². The van der Waals surface area contributed by atoms with E-state index in [9.17, 15) is 9.59 Å². The molecule has 0 aromatic heterocycles. The van der Waals surface area contributed by atoms with Crippen molar-refractivity contribution in [3.05, 3.63) is 63.1 Å². The van der Waals surface area contributed by atoms with Crippen molar-refractivity contribution in [2.75, 3.05) is 6.61 Å². The fourth-order valence-corrected chi connectivity index (χ4v) is 3.08. The molecule has 5 nitrogen and oxygen atoms in total. The molecule has 7 heteroatoms. The number of nitrogens with one attached hydrogen (secondary N) is 1. The lowest BCUT2D eigenvalue weighted by atomic mass is 10.1. The molecule has 1 unspecified atom stereocenters. The molecule has 2 amide bonds. The van der Waals surface area contributed by atoms with E-state index in [0.29, 0.717) is 10.8 Å². The number of carbonyl (C=O) groups is 2. The van der Waals surface area contributed by atoms with Gasteiger partial charge in [0.25, 0.3) is 5.91 Å². The molecule has 1 atom stereocenters. The number of ether oxygens (including phenoxy) is 1. The number of carbonyl (C=O) groups excluding carboxylic acids is 2. The van der Waals surface area contributed by atoms with Crippen LogP contribution in [0.15, 0.2) is 46.9 Å². The molecule has 0 saturated carbocycles. The van der Waals surface area contributed by atoms with Gasteiger partial charge in [0.05, 0.1) is 0 Å². The summed E-state index contributed by atoms with van der Waals surface area (Å²) in [4.78, 5) is 27.0. The highest BCUT2D eigenvalue weighted by atomic mass is 79.9. The van der Waals surface area contributed by atoms with Crippen molar-refractivity contribution >= 4 is 39.3 Å². The summed E-state index contributed by atoms with van der Waals surface area (Å²) in [5.74, 6) is 0.124. The van der Waals surface area contributed by atoms with E-state index in [-0.39, 0.29) is 31.0 Å². The molecule has 156 valence electrons. The van der Waals surface area contributed by atoms with Crippen molar-refractivity contribution in [3.63, 3.8) is 0 Å². The molecule has 2 rings (SSSR count). The van der Waals surface area contributed by atoms with E-state index in [1.54, 1.807) is 25.1 Å². The highest BCUT2D eigenvalue weighted by Gasteiger charge is 2.26. The van der Waals surface area contributed by atoms with Crippen LogP contribution in [0, 0.1) is 6.92 Å². The van der Waals surface area contributed by atoms with Gasteiger partial charge in [-0.1, -0.05) is 39.7 Å². The summed E-state index contributed by atoms with van der Waals surface area (Å²) >= 11 is 9.40. The van der Waals surface area contributed by atoms with Crippen LogP contribution in [0.1, 0.15) is 31.9 Å². The fourth-order valence-electron chi connectivity index (χ4n) is 2.71. The van der Waals surface area contributed by atoms with Crippen LogP contribution >= 0.6 is 27.5 Å². The van der Waals surface area contributed by atoms with Gasteiger partial charge in [-0.2, -0.15) is 0 Å². The Kier molecular flexibility index (Phi) is 8.53. The van der Waals surface area contributed by atoms with Gasteiger partial charge in [0, 0.05) is 22.1 Å². The monoisotopic (exact) mass is 480 g/mol. The topological polar surface area (TPSA) is 58.6 Å². The van der Waals surface area contributed by atoms with Crippen molar-refractivity contribution < 1.29 is 14.3 Å². The van der Waals surface area contributed by atoms with E-state index < -0.39 is 6.04 Å². The molecule has 1 N–H and O–H groups in total. The summed E-state index contributed by atoms with van der Waals surface area (Å²) in [6.07, 6.45) is 0. The third-order valence-electron chi connectivity index (χ3n) is 4.36. The zero-order valence-electron chi connectivity index (χ0n) is 17.0. The maximum Gasteiger partial charge on any atom is 0.261 e. The van der Waals surface area contributed by atoms with Crippen LogP contribution in [0.25, 0.3) is 0 Å². The first kappa shape index (κ1) is 23.2. The van der Waals surface area contributed by atoms with Crippen LogP contribution in [0.2, 0.25) is 5.02 Å². The molecule has 0 heterocycles. The van der Waals surface area contributed by atoms with Crippen LogP contribution < -0.4 is 10.1 Å². The number of hydrogen-bond acceptors (Lipinski definition) is 3. The van der Waals surface area contributed by atoms with Gasteiger partial charge in [0.1, 0.15) is 11.8 Å². The Labute approximate surface area is 185 Å². The zero-order chi connectivity index (χ0) is 21.6. The number of aryl methyl sites for hydroxylation is 1. The van der Waals surface area contributed by atoms with Crippen molar-refractivity contribution in [3.8, 4) is 5.75 Å². The molecule has 0 saturated heterocycles. The molecule has 0 fully saturated rings. The Morgan fingerprint density at radius 1 is 1.14 bits per heavy atom. The molecule has 0 bridgehead atoms. The summed E-state index contributed by atoms with van der Waals surface area (Å²) in [5.41, 5.74) is 1.89. The summed E-state index contributed by atoms with van der Waals surface area (Å²) in [6, 6.07) is 12.1. The first-order valence-electron chi connectivity index (χ1n) is 9.40. The van der Waals surface area contributed by atoms with Gasteiger partial charge < -0.3 is 15.0 Å². The Balaban J connectivity index is 2.15. The van der Waals surface area contributed by atoms with Crippen LogP contribution in [0.3, 0.4) is 0 Å². The third-order valence-corrected chi connectivity index (χ3v) is 5.50. The van der Waals surface area contributed by atoms with E-state index in [4.69, 9.17) is 16.3 Å². The number of rotatable bonds is 8. The highest BCUT2D eigenvalue weighted by Crippen LogP contribution is 2.22. The second kappa shape index (κ2) is 10.6. The van der Waals surface area contributed by atoms with E-state index in [1.165, 1.54) is 4.90 Å². The van der Waals surface area contributed by atoms with Crippen LogP contribution in [-0.4, -0.2) is 35.4 Å². The lowest BCUT2D eigenvalue weighted by molar-refractivity contribution is -0.142. The van der Waals surface area contributed by atoms with Gasteiger partial charge in [0.2, 0.25) is 5.91 Å². The van der Waals surface area contributed by atoms with Gasteiger partial charge in [0.15, 0.2) is 6.61 Å². The Morgan fingerprint density at radius 2 is 1.79 bits per heavy atom. The Bertz CT molecular complexity index is 856. The smallest absolute Gasteiger partial charge is 0.261 e. The first-order valence-corrected chi connectivity index (χ1v) is 10.6. The quantitative estimate of drug-likeness (QED) is 0.593. The van der Waals surface area contributed by atoms with Crippen molar-refractivity contribution in [1.82, 2.24) is 10.2 Å². The maximum atomic E-state index is 13.0. The minimum atomic E-state index is -0.643. The van der Waals surface area contributed by atoms with Crippen LogP contribution in [0.4, 0.5) is 0 Å². The summed E-state index contributed by atoms with van der Waals surface area (Å²) in [7, 11) is 0. The predicted octanol–water partition coefficient (Wildman–Crippen LogP) is 4.73. The summed E-state index contributed by atoms with van der Waals surface area (Å²) < 4.78 is 6.66. The molecular weight excluding hydrogens is 456 g/mol. The summed E-state index contributed by atoms with van der Waals surface area (Å²) in [5, 5.41) is 3.48. The second-order valence-corrected chi connectivity index (χ2v) is 8.48. The normalized spacial score (nSPS) is 11.8. The molecule has 0 aliphatic heterocycles. The summed E-state index contributed by atoms with van der Waals surface area (Å²) in [6.45, 7) is 7.56. The fraction of sp³-hybridized carbons (Fsp3) is 0.364. The van der Waals surface area contributed by atoms with Crippen LogP contribution in [0.5, 0.6) is 5.75 Å². The lowest BCUT2D eigenvalue weighted by Gasteiger charge is -2.29. The number of nitrogens with zero attached hydrogens (tertiary/aromatic N) is 1.